The molecule has 0 aliphatic heterocycles. The molecule has 0 unspecified atom stereocenters. The Morgan fingerprint density at radius 1 is 1.42 bits per heavy atom. The van der Waals surface area contributed by atoms with Crippen molar-refractivity contribution in [2.45, 2.75) is 26.5 Å². The number of nitrogens with zero attached hydrogens (tertiary/aromatic N) is 2. The highest BCUT2D eigenvalue weighted by Crippen LogP contribution is 2.13. The van der Waals surface area contributed by atoms with Crippen LogP contribution in [0.4, 0.5) is 5.69 Å². The van der Waals surface area contributed by atoms with Crippen molar-refractivity contribution in [3.05, 3.63) is 48.0 Å². The van der Waals surface area contributed by atoms with Crippen molar-refractivity contribution in [1.29, 1.82) is 0 Å². The highest BCUT2D eigenvalue weighted by Gasteiger charge is 2.14. The lowest BCUT2D eigenvalue weighted by atomic mass is 10.3. The van der Waals surface area contributed by atoms with Gasteiger partial charge in [0, 0.05) is 25.1 Å². The maximum absolute atomic E-state index is 12.0. The summed E-state index contributed by atoms with van der Waals surface area (Å²) in [7, 11) is 0. The molecular weight excluding hydrogens is 242 g/mol. The second-order valence-corrected chi connectivity index (χ2v) is 4.28. The van der Waals surface area contributed by atoms with Crippen molar-refractivity contribution in [3.8, 4) is 0 Å². The number of rotatable bonds is 5. The fourth-order valence-electron chi connectivity index (χ4n) is 1.83. The fourth-order valence-corrected chi connectivity index (χ4v) is 1.83. The van der Waals surface area contributed by atoms with Crippen molar-refractivity contribution in [3.63, 3.8) is 0 Å². The minimum absolute atomic E-state index is 0.235. The van der Waals surface area contributed by atoms with Crippen LogP contribution < -0.4 is 5.73 Å². The Bertz CT molecular complexity index is 549. The van der Waals surface area contributed by atoms with Crippen LogP contribution in [0.3, 0.4) is 0 Å². The summed E-state index contributed by atoms with van der Waals surface area (Å²) in [6.07, 6.45) is 6.02. The topological polar surface area (TPSA) is 70.1 Å². The summed E-state index contributed by atoms with van der Waals surface area (Å²) in [6.45, 7) is 3.03. The first-order valence-electron chi connectivity index (χ1n) is 6.22. The number of carbonyl (C=O) groups is 1. The van der Waals surface area contributed by atoms with Gasteiger partial charge < -0.3 is 15.0 Å². The number of ether oxygens (including phenoxy) is 1. The minimum atomic E-state index is -0.359. The fraction of sp³-hybridized carbons (Fsp3) is 0.286. The Hall–Kier alpha value is -2.30. The molecule has 0 aromatic carbocycles. The molecule has 19 heavy (non-hydrogen) atoms. The second kappa shape index (κ2) is 6.04. The van der Waals surface area contributed by atoms with E-state index in [0.717, 1.165) is 18.5 Å². The smallest absolute Gasteiger partial charge is 0.355 e. The Morgan fingerprint density at radius 3 is 2.84 bits per heavy atom. The van der Waals surface area contributed by atoms with Crippen molar-refractivity contribution in [2.75, 3.05) is 5.73 Å². The number of hydrogen-bond donors (Lipinski definition) is 1. The molecule has 0 atom stereocenters. The molecule has 2 aromatic heterocycles. The molecule has 5 heteroatoms. The highest BCUT2D eigenvalue weighted by atomic mass is 16.5. The Kier molecular flexibility index (Phi) is 4.18. The van der Waals surface area contributed by atoms with E-state index in [1.54, 1.807) is 24.7 Å². The van der Waals surface area contributed by atoms with Crippen LogP contribution in [0.5, 0.6) is 0 Å². The van der Waals surface area contributed by atoms with E-state index in [1.807, 2.05) is 23.6 Å². The van der Waals surface area contributed by atoms with Gasteiger partial charge in [-0.3, -0.25) is 4.98 Å². The third kappa shape index (κ3) is 3.34. The van der Waals surface area contributed by atoms with E-state index in [4.69, 9.17) is 10.5 Å². The van der Waals surface area contributed by atoms with Crippen LogP contribution >= 0.6 is 0 Å². The van der Waals surface area contributed by atoms with Gasteiger partial charge >= 0.3 is 5.97 Å². The molecule has 5 nitrogen and oxygen atoms in total. The number of aromatic nitrogens is 2. The Balaban J connectivity index is 2.03. The third-order valence-electron chi connectivity index (χ3n) is 2.71. The highest BCUT2D eigenvalue weighted by molar-refractivity contribution is 5.89. The van der Waals surface area contributed by atoms with Gasteiger partial charge in [0.25, 0.3) is 0 Å². The molecule has 2 aromatic rings. The van der Waals surface area contributed by atoms with E-state index in [0.29, 0.717) is 11.4 Å². The van der Waals surface area contributed by atoms with E-state index in [-0.39, 0.29) is 12.6 Å². The van der Waals surface area contributed by atoms with Crippen LogP contribution in [0, 0.1) is 0 Å². The van der Waals surface area contributed by atoms with Crippen molar-refractivity contribution < 1.29 is 9.53 Å². The molecule has 0 saturated carbocycles. The first-order valence-corrected chi connectivity index (χ1v) is 6.22. The molecule has 2 N–H and O–H groups in total. The lowest BCUT2D eigenvalue weighted by Crippen LogP contribution is -2.11. The Morgan fingerprint density at radius 2 is 2.16 bits per heavy atom. The molecule has 0 radical (unpaired) electrons. The van der Waals surface area contributed by atoms with E-state index < -0.39 is 0 Å². The van der Waals surface area contributed by atoms with E-state index in [1.165, 1.54) is 0 Å². The monoisotopic (exact) mass is 259 g/mol. The molecule has 0 aliphatic rings. The average molecular weight is 259 g/mol. The van der Waals surface area contributed by atoms with Gasteiger partial charge in [0.2, 0.25) is 0 Å². The van der Waals surface area contributed by atoms with Gasteiger partial charge in [0.05, 0.1) is 5.69 Å². The van der Waals surface area contributed by atoms with Gasteiger partial charge in [0.1, 0.15) is 12.3 Å². The number of pyridine rings is 1. The zero-order valence-electron chi connectivity index (χ0n) is 10.9. The number of carbonyl (C=O) groups excluding carboxylic acids is 1. The van der Waals surface area contributed by atoms with Crippen LogP contribution in [0.25, 0.3) is 0 Å². The maximum Gasteiger partial charge on any atom is 0.355 e. The summed E-state index contributed by atoms with van der Waals surface area (Å²) in [5.74, 6) is -0.359. The molecule has 100 valence electrons. The summed E-state index contributed by atoms with van der Waals surface area (Å²) in [6, 6.07) is 5.27. The molecule has 0 spiro atoms. The standard InChI is InChI=1S/C14H17N3O2/c1-2-7-17-9-12(15)8-13(17)14(18)19-10-11-3-5-16-6-4-11/h3-6,8-9H,2,7,10,15H2,1H3. The van der Waals surface area contributed by atoms with Gasteiger partial charge in [-0.25, -0.2) is 4.79 Å². The van der Waals surface area contributed by atoms with E-state index >= 15 is 0 Å². The summed E-state index contributed by atoms with van der Waals surface area (Å²) in [5.41, 5.74) is 7.69. The summed E-state index contributed by atoms with van der Waals surface area (Å²) in [5, 5.41) is 0. The third-order valence-corrected chi connectivity index (χ3v) is 2.71. The second-order valence-electron chi connectivity index (χ2n) is 4.28. The van der Waals surface area contributed by atoms with Crippen LogP contribution in [-0.4, -0.2) is 15.5 Å². The number of esters is 1. The first-order chi connectivity index (χ1) is 9.20. The van der Waals surface area contributed by atoms with Gasteiger partial charge in [-0.15, -0.1) is 0 Å². The van der Waals surface area contributed by atoms with Crippen LogP contribution in [0.1, 0.15) is 29.4 Å². The number of nitrogen functional groups attached to an aromatic ring is 1. The molecule has 0 fully saturated rings. The summed E-state index contributed by atoms with van der Waals surface area (Å²) < 4.78 is 7.09. The molecule has 2 rings (SSSR count). The lowest BCUT2D eigenvalue weighted by molar-refractivity contribution is 0.0460. The maximum atomic E-state index is 12.0. The molecular formula is C14H17N3O2. The number of anilines is 1. The van der Waals surface area contributed by atoms with E-state index in [9.17, 15) is 4.79 Å². The molecule has 2 heterocycles. The first kappa shape index (κ1) is 13.1. The molecule has 0 aliphatic carbocycles. The van der Waals surface area contributed by atoms with Crippen LogP contribution in [0.2, 0.25) is 0 Å². The Labute approximate surface area is 112 Å². The number of hydrogen-bond acceptors (Lipinski definition) is 4. The van der Waals surface area contributed by atoms with E-state index in [2.05, 4.69) is 4.98 Å². The largest absolute Gasteiger partial charge is 0.456 e. The zero-order valence-corrected chi connectivity index (χ0v) is 10.9. The quantitative estimate of drug-likeness (QED) is 0.836. The van der Waals surface area contributed by atoms with Crippen molar-refractivity contribution in [2.24, 2.45) is 0 Å². The minimum Gasteiger partial charge on any atom is -0.456 e. The summed E-state index contributed by atoms with van der Waals surface area (Å²) >= 11 is 0. The van der Waals surface area contributed by atoms with Gasteiger partial charge in [-0.2, -0.15) is 0 Å². The predicted molar refractivity (Wildman–Crippen MR) is 72.5 cm³/mol. The zero-order chi connectivity index (χ0) is 13.7. The number of nitrogens with two attached hydrogens (primary N) is 1. The van der Waals surface area contributed by atoms with Crippen molar-refractivity contribution >= 4 is 11.7 Å². The average Bonchev–Trinajstić information content (AvgIpc) is 2.79. The normalized spacial score (nSPS) is 10.4. The molecule has 0 amide bonds. The molecule has 0 bridgehead atoms. The number of aryl methyl sites for hydroxylation is 1. The van der Waals surface area contributed by atoms with Crippen molar-refractivity contribution in [1.82, 2.24) is 9.55 Å². The van der Waals surface area contributed by atoms with Gasteiger partial charge in [-0.1, -0.05) is 6.92 Å². The summed E-state index contributed by atoms with van der Waals surface area (Å²) in [4.78, 5) is 15.9. The van der Waals surface area contributed by atoms with Gasteiger partial charge in [-0.05, 0) is 30.2 Å². The lowest BCUT2D eigenvalue weighted by Gasteiger charge is -2.08. The van der Waals surface area contributed by atoms with Gasteiger partial charge in [0.15, 0.2) is 0 Å². The molecule has 0 saturated heterocycles. The SMILES string of the molecule is CCCn1cc(N)cc1C(=O)OCc1ccncc1. The van der Waals surface area contributed by atoms with Crippen LogP contribution in [-0.2, 0) is 17.9 Å². The predicted octanol–water partition coefficient (Wildman–Crippen LogP) is 2.23. The van der Waals surface area contributed by atoms with Crippen LogP contribution in [0.15, 0.2) is 36.8 Å².